The lowest BCUT2D eigenvalue weighted by Crippen LogP contribution is -2.33. The summed E-state index contributed by atoms with van der Waals surface area (Å²) in [5, 5.41) is 10.8. The van der Waals surface area contributed by atoms with Crippen molar-refractivity contribution in [2.24, 2.45) is 5.73 Å². The van der Waals surface area contributed by atoms with Gasteiger partial charge in [-0.15, -0.1) is 0 Å². The summed E-state index contributed by atoms with van der Waals surface area (Å²) < 4.78 is 0. The minimum Gasteiger partial charge on any atom is -0.480 e. The van der Waals surface area contributed by atoms with Crippen LogP contribution in [0.3, 0.4) is 0 Å². The average molecular weight is 286 g/mol. The lowest BCUT2D eigenvalue weighted by atomic mass is 10.1. The number of carbonyl (C=O) groups excluding carboxylic acids is 1. The van der Waals surface area contributed by atoms with Crippen molar-refractivity contribution in [1.29, 1.82) is 0 Å². The number of nitrogens with zero attached hydrogens (tertiary/aromatic N) is 1. The zero-order chi connectivity index (χ0) is 15.4. The standard InChI is InChI=1S/C16H18N2O3/c1-18(15(19)10-9-13(17)16(20)21)14-8-4-6-11-5-2-3-7-12(11)14/h2-8,13H,9-10,17H2,1H3,(H,20,21)/t13-/m0/s1. The third-order valence-electron chi connectivity index (χ3n) is 3.49. The fourth-order valence-corrected chi connectivity index (χ4v) is 2.21. The van der Waals surface area contributed by atoms with Gasteiger partial charge in [-0.3, -0.25) is 9.59 Å². The molecule has 0 unspecified atom stereocenters. The van der Waals surface area contributed by atoms with Crippen molar-refractivity contribution < 1.29 is 14.7 Å². The van der Waals surface area contributed by atoms with Gasteiger partial charge in [0.1, 0.15) is 6.04 Å². The van der Waals surface area contributed by atoms with Crippen molar-refractivity contribution in [3.8, 4) is 0 Å². The minimum absolute atomic E-state index is 0.104. The van der Waals surface area contributed by atoms with Crippen LogP contribution < -0.4 is 10.6 Å². The van der Waals surface area contributed by atoms with E-state index >= 15 is 0 Å². The number of carbonyl (C=O) groups is 2. The van der Waals surface area contributed by atoms with E-state index in [-0.39, 0.29) is 18.7 Å². The van der Waals surface area contributed by atoms with Crippen molar-refractivity contribution in [3.63, 3.8) is 0 Å². The monoisotopic (exact) mass is 286 g/mol. The number of fused-ring (bicyclic) bond motifs is 1. The first-order valence-electron chi connectivity index (χ1n) is 6.73. The van der Waals surface area contributed by atoms with Crippen molar-refractivity contribution in [2.45, 2.75) is 18.9 Å². The van der Waals surface area contributed by atoms with Gasteiger partial charge in [0.05, 0.1) is 5.69 Å². The minimum atomic E-state index is -1.09. The molecule has 0 saturated heterocycles. The zero-order valence-corrected chi connectivity index (χ0v) is 11.8. The highest BCUT2D eigenvalue weighted by molar-refractivity contribution is 6.03. The summed E-state index contributed by atoms with van der Waals surface area (Å²) in [4.78, 5) is 24.4. The molecular formula is C16H18N2O3. The first kappa shape index (κ1) is 15.0. The maximum atomic E-state index is 12.2. The van der Waals surface area contributed by atoms with Crippen LogP contribution in [0.1, 0.15) is 12.8 Å². The normalized spacial score (nSPS) is 12.1. The molecule has 0 aliphatic rings. The number of benzene rings is 2. The maximum absolute atomic E-state index is 12.2. The van der Waals surface area contributed by atoms with E-state index in [4.69, 9.17) is 10.8 Å². The number of hydrogen-bond donors (Lipinski definition) is 2. The number of rotatable bonds is 5. The van der Waals surface area contributed by atoms with Gasteiger partial charge in [-0.25, -0.2) is 0 Å². The highest BCUT2D eigenvalue weighted by Crippen LogP contribution is 2.26. The Hall–Kier alpha value is -2.40. The van der Waals surface area contributed by atoms with Crippen molar-refractivity contribution in [3.05, 3.63) is 42.5 Å². The van der Waals surface area contributed by atoms with Gasteiger partial charge in [-0.05, 0) is 17.9 Å². The first-order valence-corrected chi connectivity index (χ1v) is 6.73. The second kappa shape index (κ2) is 6.37. The number of carboxylic acid groups (broad SMARTS) is 1. The Labute approximate surface area is 123 Å². The Morgan fingerprint density at radius 1 is 1.19 bits per heavy atom. The summed E-state index contributed by atoms with van der Waals surface area (Å²) in [6.45, 7) is 0. The van der Waals surface area contributed by atoms with E-state index in [1.165, 1.54) is 0 Å². The van der Waals surface area contributed by atoms with Crippen molar-refractivity contribution in [1.82, 2.24) is 0 Å². The predicted molar refractivity (Wildman–Crippen MR) is 82.2 cm³/mol. The molecule has 5 heteroatoms. The van der Waals surface area contributed by atoms with Crippen LogP contribution in [-0.4, -0.2) is 30.1 Å². The first-order chi connectivity index (χ1) is 10.0. The molecule has 2 aromatic carbocycles. The number of nitrogens with two attached hydrogens (primary N) is 1. The Morgan fingerprint density at radius 3 is 2.57 bits per heavy atom. The van der Waals surface area contributed by atoms with Crippen molar-refractivity contribution in [2.75, 3.05) is 11.9 Å². The molecule has 0 aromatic heterocycles. The van der Waals surface area contributed by atoms with Gasteiger partial charge in [-0.1, -0.05) is 36.4 Å². The summed E-state index contributed by atoms with van der Waals surface area (Å²) >= 11 is 0. The van der Waals surface area contributed by atoms with Gasteiger partial charge in [0.25, 0.3) is 0 Å². The van der Waals surface area contributed by atoms with E-state index in [1.54, 1.807) is 11.9 Å². The van der Waals surface area contributed by atoms with Crippen LogP contribution >= 0.6 is 0 Å². The number of carboxylic acids is 1. The Bertz CT molecular complexity index is 664. The number of hydrogen-bond acceptors (Lipinski definition) is 3. The summed E-state index contributed by atoms with van der Waals surface area (Å²) in [6, 6.07) is 12.5. The molecule has 0 fully saturated rings. The van der Waals surface area contributed by atoms with E-state index < -0.39 is 12.0 Å². The lowest BCUT2D eigenvalue weighted by molar-refractivity contribution is -0.138. The van der Waals surface area contributed by atoms with Crippen molar-refractivity contribution >= 4 is 28.3 Å². The maximum Gasteiger partial charge on any atom is 0.320 e. The summed E-state index contributed by atoms with van der Waals surface area (Å²) in [5.74, 6) is -1.24. The van der Waals surface area contributed by atoms with E-state index in [0.717, 1.165) is 16.5 Å². The highest BCUT2D eigenvalue weighted by Gasteiger charge is 2.17. The molecule has 110 valence electrons. The van der Waals surface area contributed by atoms with E-state index in [1.807, 2.05) is 42.5 Å². The molecule has 0 aliphatic carbocycles. The molecule has 0 heterocycles. The SMILES string of the molecule is CN(C(=O)CC[C@H](N)C(=O)O)c1cccc2ccccc12. The third kappa shape index (κ3) is 3.38. The number of aliphatic carboxylic acids is 1. The van der Waals surface area contributed by atoms with Crippen LogP contribution in [0.25, 0.3) is 10.8 Å². The van der Waals surface area contributed by atoms with Gasteiger partial charge in [0.15, 0.2) is 0 Å². The summed E-state index contributed by atoms with van der Waals surface area (Å²) in [7, 11) is 1.69. The molecule has 3 N–H and O–H groups in total. The molecule has 0 saturated carbocycles. The molecule has 5 nitrogen and oxygen atoms in total. The van der Waals surface area contributed by atoms with Crippen LogP contribution in [0.2, 0.25) is 0 Å². The lowest BCUT2D eigenvalue weighted by Gasteiger charge is -2.20. The molecule has 2 aromatic rings. The highest BCUT2D eigenvalue weighted by atomic mass is 16.4. The Morgan fingerprint density at radius 2 is 1.86 bits per heavy atom. The third-order valence-corrected chi connectivity index (χ3v) is 3.49. The summed E-state index contributed by atoms with van der Waals surface area (Å²) in [6.07, 6.45) is 0.233. The molecule has 0 aliphatic heterocycles. The van der Waals surface area contributed by atoms with E-state index in [2.05, 4.69) is 0 Å². The molecule has 0 bridgehead atoms. The largest absolute Gasteiger partial charge is 0.480 e. The number of anilines is 1. The average Bonchev–Trinajstić information content (AvgIpc) is 2.50. The second-order valence-corrected chi connectivity index (χ2v) is 4.93. The van der Waals surface area contributed by atoms with Gasteiger partial charge in [0, 0.05) is 18.9 Å². The fraction of sp³-hybridized carbons (Fsp3) is 0.250. The van der Waals surface area contributed by atoms with Gasteiger partial charge in [-0.2, -0.15) is 0 Å². The molecule has 0 spiro atoms. The van der Waals surface area contributed by atoms with Crippen LogP contribution in [-0.2, 0) is 9.59 Å². The number of amides is 1. The van der Waals surface area contributed by atoms with Crippen LogP contribution in [0, 0.1) is 0 Å². The molecule has 21 heavy (non-hydrogen) atoms. The van der Waals surface area contributed by atoms with Gasteiger partial charge in [0.2, 0.25) is 5.91 Å². The second-order valence-electron chi connectivity index (χ2n) is 4.93. The molecule has 1 amide bonds. The van der Waals surface area contributed by atoms with E-state index in [0.29, 0.717) is 0 Å². The molecule has 2 rings (SSSR count). The van der Waals surface area contributed by atoms with Crippen LogP contribution in [0.4, 0.5) is 5.69 Å². The molecule has 1 atom stereocenters. The quantitative estimate of drug-likeness (QED) is 0.880. The predicted octanol–water partition coefficient (Wildman–Crippen LogP) is 1.99. The van der Waals surface area contributed by atoms with Crippen LogP contribution in [0.5, 0.6) is 0 Å². The van der Waals surface area contributed by atoms with Gasteiger partial charge < -0.3 is 15.7 Å². The summed E-state index contributed by atoms with van der Waals surface area (Å²) in [5.41, 5.74) is 6.23. The molecular weight excluding hydrogens is 268 g/mol. The van der Waals surface area contributed by atoms with E-state index in [9.17, 15) is 9.59 Å². The van der Waals surface area contributed by atoms with Crippen LogP contribution in [0.15, 0.2) is 42.5 Å². The Kier molecular flexibility index (Phi) is 4.55. The zero-order valence-electron chi connectivity index (χ0n) is 11.8. The topological polar surface area (TPSA) is 83.6 Å². The van der Waals surface area contributed by atoms with Gasteiger partial charge >= 0.3 is 5.97 Å². The smallest absolute Gasteiger partial charge is 0.320 e. The molecule has 0 radical (unpaired) electrons. The Balaban J connectivity index is 2.16. The fourth-order valence-electron chi connectivity index (χ4n) is 2.21.